The Morgan fingerprint density at radius 2 is 1.28 bits per heavy atom. The molecule has 1 heterocycles. The summed E-state index contributed by atoms with van der Waals surface area (Å²) in [5.41, 5.74) is 4.00. The van der Waals surface area contributed by atoms with Gasteiger partial charge in [-0.05, 0) is 76.0 Å². The van der Waals surface area contributed by atoms with E-state index in [1.54, 1.807) is 0 Å². The molecule has 1 saturated heterocycles. The van der Waals surface area contributed by atoms with Gasteiger partial charge in [0, 0.05) is 25.6 Å². The van der Waals surface area contributed by atoms with Crippen LogP contribution in [0.4, 0.5) is 0 Å². The van der Waals surface area contributed by atoms with Crippen molar-refractivity contribution >= 4 is 34.1 Å². The van der Waals surface area contributed by atoms with Crippen molar-refractivity contribution in [2.45, 2.75) is 71.5 Å². The maximum Gasteiger partial charge on any atom is 0.339 e. The van der Waals surface area contributed by atoms with E-state index in [1.165, 1.54) is 0 Å². The summed E-state index contributed by atoms with van der Waals surface area (Å²) >= 11 is 3.15. The molecule has 2 fully saturated rings. The average Bonchev–Trinajstić information content (AvgIpc) is 3.05. The van der Waals surface area contributed by atoms with Crippen molar-refractivity contribution in [1.29, 1.82) is 0 Å². The van der Waals surface area contributed by atoms with Crippen LogP contribution in [-0.4, -0.2) is 120 Å². The first-order chi connectivity index (χ1) is 22.8. The number of hydrogen-bond donors (Lipinski definition) is 1. The second kappa shape index (κ2) is 22.7. The molecule has 0 spiro atoms. The molecule has 1 saturated carbocycles. The van der Waals surface area contributed by atoms with Crippen LogP contribution in [-0.2, 0) is 41.8 Å². The molecule has 1 aromatic carbocycles. The van der Waals surface area contributed by atoms with E-state index < -0.39 is 5.97 Å². The van der Waals surface area contributed by atoms with Crippen molar-refractivity contribution in [1.82, 2.24) is 4.90 Å². The number of carbonyl (C=O) groups excluding carboxylic acids is 1. The Hall–Kier alpha value is -1.90. The first-order valence-electron chi connectivity index (χ1n) is 16.9. The highest BCUT2D eigenvalue weighted by Gasteiger charge is 2.33. The number of aldehydes is 1. The zero-order chi connectivity index (χ0) is 33.9. The van der Waals surface area contributed by atoms with E-state index in [1.807, 2.05) is 32.9 Å². The molecule has 2 aliphatic rings. The van der Waals surface area contributed by atoms with Gasteiger partial charge in [-0.25, -0.2) is 4.79 Å². The summed E-state index contributed by atoms with van der Waals surface area (Å²) in [7, 11) is 0. The number of aliphatic carboxylic acids is 1. The number of piperidine rings is 1. The molecule has 1 aromatic rings. The van der Waals surface area contributed by atoms with Crippen LogP contribution in [0, 0.1) is 26.7 Å². The largest absolute Gasteiger partial charge is 0.478 e. The third-order valence-electron chi connectivity index (χ3n) is 8.66. The fourth-order valence-electron chi connectivity index (χ4n) is 6.42. The molecule has 12 heteroatoms. The molecular weight excluding hydrogens is 674 g/mol. The predicted molar refractivity (Wildman–Crippen MR) is 182 cm³/mol. The Balaban J connectivity index is 1.24. The van der Waals surface area contributed by atoms with Crippen molar-refractivity contribution < 1.29 is 46.9 Å². The van der Waals surface area contributed by atoms with Crippen molar-refractivity contribution in [3.05, 3.63) is 40.1 Å². The number of hydrogen-bond acceptors (Lipinski definition) is 10. The third-order valence-corrected chi connectivity index (χ3v) is 9.01. The van der Waals surface area contributed by atoms with Crippen molar-refractivity contribution in [2.24, 2.45) is 5.92 Å². The van der Waals surface area contributed by atoms with Gasteiger partial charge in [-0.15, -0.1) is 0 Å². The number of allylic oxidation sites excluding steroid dienone is 1. The van der Waals surface area contributed by atoms with E-state index in [9.17, 15) is 14.7 Å². The standard InChI is InChI=1S/C35H54BrNO10/c1-26-24-27(2)32(28(3)25-26)33(35(39)40)34(47-36)29-4-6-30(7-5-29)46-31-8-10-37(11-9-31)12-14-41-16-18-43-20-22-45-23-21-44-19-17-42-15-13-38/h13,24-25,29-31H,4-12,14-23H2,1-3H3,(H,39,40)/b34-33+. The first kappa shape index (κ1) is 39.5. The van der Waals surface area contributed by atoms with Crippen molar-refractivity contribution in [2.75, 3.05) is 85.7 Å². The minimum Gasteiger partial charge on any atom is -0.478 e. The van der Waals surface area contributed by atoms with Gasteiger partial charge in [-0.1, -0.05) is 17.7 Å². The van der Waals surface area contributed by atoms with E-state index in [0.29, 0.717) is 65.2 Å². The summed E-state index contributed by atoms with van der Waals surface area (Å²) in [6.45, 7) is 13.5. The monoisotopic (exact) mass is 727 g/mol. The number of likely N-dealkylation sites (tertiary alicyclic amines) is 1. The van der Waals surface area contributed by atoms with Gasteiger partial charge in [0.15, 0.2) is 16.3 Å². The van der Waals surface area contributed by atoms with E-state index >= 15 is 0 Å². The van der Waals surface area contributed by atoms with E-state index in [4.69, 9.17) is 32.2 Å². The molecule has 3 rings (SSSR count). The van der Waals surface area contributed by atoms with E-state index in [-0.39, 0.29) is 30.3 Å². The molecule has 1 aliphatic heterocycles. The van der Waals surface area contributed by atoms with Crippen LogP contribution in [0.1, 0.15) is 60.8 Å². The van der Waals surface area contributed by atoms with E-state index in [2.05, 4.69) is 21.2 Å². The highest BCUT2D eigenvalue weighted by atomic mass is 79.9. The van der Waals surface area contributed by atoms with Gasteiger partial charge < -0.3 is 47.1 Å². The van der Waals surface area contributed by atoms with Crippen LogP contribution < -0.4 is 0 Å². The van der Waals surface area contributed by atoms with Crippen molar-refractivity contribution in [3.63, 3.8) is 0 Å². The summed E-state index contributed by atoms with van der Waals surface area (Å²) in [6.07, 6.45) is 6.62. The summed E-state index contributed by atoms with van der Waals surface area (Å²) in [6, 6.07) is 4.05. The number of benzene rings is 1. The molecule has 47 heavy (non-hydrogen) atoms. The molecular formula is C35H54BrNO10. The quantitative estimate of drug-likeness (QED) is 0.0705. The zero-order valence-corrected chi connectivity index (χ0v) is 29.9. The molecule has 1 N–H and O–H groups in total. The summed E-state index contributed by atoms with van der Waals surface area (Å²) < 4.78 is 39.2. The molecule has 0 atom stereocenters. The molecule has 0 amide bonds. The van der Waals surface area contributed by atoms with Gasteiger partial charge in [-0.2, -0.15) is 0 Å². The number of nitrogens with zero attached hydrogens (tertiary/aromatic N) is 1. The fraction of sp³-hybridized carbons (Fsp3) is 0.714. The zero-order valence-electron chi connectivity index (χ0n) is 28.3. The summed E-state index contributed by atoms with van der Waals surface area (Å²) in [4.78, 5) is 25.0. The van der Waals surface area contributed by atoms with Gasteiger partial charge >= 0.3 is 5.97 Å². The maximum absolute atomic E-state index is 12.5. The maximum atomic E-state index is 12.5. The first-order valence-corrected chi connectivity index (χ1v) is 17.5. The molecule has 0 radical (unpaired) electrons. The number of ether oxygens (including phenoxy) is 6. The SMILES string of the molecule is Cc1cc(C)c(/C(C(=O)O)=C(\OBr)C2CCC(OC3CCN(CCOCCOCCOCCOCCOCC=O)CC3)CC2)c(C)c1. The van der Waals surface area contributed by atoms with Crippen LogP contribution in [0.3, 0.4) is 0 Å². The Morgan fingerprint density at radius 3 is 1.77 bits per heavy atom. The molecule has 0 aromatic heterocycles. The number of carbonyl (C=O) groups is 2. The normalized spacial score (nSPS) is 19.8. The third kappa shape index (κ3) is 14.2. The Kier molecular flexibility index (Phi) is 19.1. The number of carboxylic acid groups (broad SMARTS) is 1. The number of rotatable bonds is 23. The summed E-state index contributed by atoms with van der Waals surface area (Å²) in [5, 5.41) is 10.2. The fourth-order valence-corrected chi connectivity index (χ4v) is 6.85. The Bertz CT molecular complexity index is 1080. The number of carboxylic acids is 1. The van der Waals surface area contributed by atoms with Crippen LogP contribution in [0.15, 0.2) is 17.9 Å². The van der Waals surface area contributed by atoms with Crippen LogP contribution >= 0.6 is 16.3 Å². The Labute approximate surface area is 288 Å². The predicted octanol–water partition coefficient (Wildman–Crippen LogP) is 5.06. The molecule has 0 bridgehead atoms. The van der Waals surface area contributed by atoms with Gasteiger partial charge in [0.1, 0.15) is 24.2 Å². The molecule has 266 valence electrons. The number of halogens is 1. The summed E-state index contributed by atoms with van der Waals surface area (Å²) in [5.74, 6) is -0.427. The minimum atomic E-state index is -0.963. The highest BCUT2D eigenvalue weighted by molar-refractivity contribution is 9.06. The molecule has 1 aliphatic carbocycles. The van der Waals surface area contributed by atoms with Crippen LogP contribution in [0.2, 0.25) is 0 Å². The number of aryl methyl sites for hydroxylation is 3. The van der Waals surface area contributed by atoms with Gasteiger partial charge in [-0.3, -0.25) is 0 Å². The second-order valence-electron chi connectivity index (χ2n) is 12.2. The topological polar surface area (TPSA) is 122 Å². The van der Waals surface area contributed by atoms with Gasteiger partial charge in [0.25, 0.3) is 0 Å². The lowest BCUT2D eigenvalue weighted by Crippen LogP contribution is -2.40. The molecule has 11 nitrogen and oxygen atoms in total. The van der Waals surface area contributed by atoms with Gasteiger partial charge in [0.05, 0.1) is 71.7 Å². The van der Waals surface area contributed by atoms with Crippen LogP contribution in [0.5, 0.6) is 0 Å². The smallest absolute Gasteiger partial charge is 0.339 e. The molecule has 0 unspecified atom stereocenters. The lowest BCUT2D eigenvalue weighted by Gasteiger charge is -2.36. The highest BCUT2D eigenvalue weighted by Crippen LogP contribution is 2.39. The second-order valence-corrected chi connectivity index (χ2v) is 12.6. The van der Waals surface area contributed by atoms with Gasteiger partial charge in [0.2, 0.25) is 0 Å². The van der Waals surface area contributed by atoms with Crippen LogP contribution in [0.25, 0.3) is 5.57 Å². The lowest BCUT2D eigenvalue weighted by molar-refractivity contribution is -0.130. The average molecular weight is 729 g/mol. The van der Waals surface area contributed by atoms with Crippen molar-refractivity contribution in [3.8, 4) is 0 Å². The minimum absolute atomic E-state index is 0.0267. The lowest BCUT2D eigenvalue weighted by atomic mass is 9.82. The van der Waals surface area contributed by atoms with E-state index in [0.717, 1.165) is 86.7 Å². The Morgan fingerprint density at radius 1 is 0.787 bits per heavy atom.